The van der Waals surface area contributed by atoms with E-state index in [-0.39, 0.29) is 18.0 Å². The highest BCUT2D eigenvalue weighted by Crippen LogP contribution is 2.43. The van der Waals surface area contributed by atoms with Gasteiger partial charge in [0.15, 0.2) is 0 Å². The summed E-state index contributed by atoms with van der Waals surface area (Å²) in [5.41, 5.74) is 0. The summed E-state index contributed by atoms with van der Waals surface area (Å²) in [4.78, 5) is 12.4. The van der Waals surface area contributed by atoms with E-state index in [0.717, 1.165) is 49.4 Å². The third-order valence-electron chi connectivity index (χ3n) is 8.65. The Morgan fingerprint density at radius 3 is 1.83 bits per heavy atom. The summed E-state index contributed by atoms with van der Waals surface area (Å²) in [6, 6.07) is 0. The van der Waals surface area contributed by atoms with E-state index in [1.54, 1.807) is 0 Å². The molecule has 2 heteroatoms. The van der Waals surface area contributed by atoms with E-state index >= 15 is 0 Å². The van der Waals surface area contributed by atoms with Crippen LogP contribution < -0.4 is 0 Å². The van der Waals surface area contributed by atoms with Crippen LogP contribution in [0.15, 0.2) is 0 Å². The van der Waals surface area contributed by atoms with Crippen LogP contribution >= 0.6 is 0 Å². The van der Waals surface area contributed by atoms with Crippen molar-refractivity contribution in [2.24, 2.45) is 29.6 Å². The van der Waals surface area contributed by atoms with E-state index in [1.165, 1.54) is 89.9 Å². The molecule has 29 heavy (non-hydrogen) atoms. The topological polar surface area (TPSA) is 26.3 Å². The van der Waals surface area contributed by atoms with Gasteiger partial charge in [-0.2, -0.15) is 0 Å². The smallest absolute Gasteiger partial charge is 0.309 e. The van der Waals surface area contributed by atoms with Crippen molar-refractivity contribution in [2.75, 3.05) is 0 Å². The average molecular weight is 405 g/mol. The molecule has 0 radical (unpaired) electrons. The molecule has 168 valence electrons. The maximum atomic E-state index is 12.4. The highest BCUT2D eigenvalue weighted by atomic mass is 16.5. The van der Waals surface area contributed by atoms with E-state index in [2.05, 4.69) is 13.8 Å². The molecule has 3 fully saturated rings. The summed E-state index contributed by atoms with van der Waals surface area (Å²) in [6.07, 6.45) is 24.1. The molecule has 3 aliphatic rings. The van der Waals surface area contributed by atoms with Gasteiger partial charge in [-0.05, 0) is 87.9 Å². The molecule has 0 aromatic rings. The van der Waals surface area contributed by atoms with Crippen LogP contribution in [0.2, 0.25) is 0 Å². The van der Waals surface area contributed by atoms with Crippen molar-refractivity contribution in [1.82, 2.24) is 0 Å². The van der Waals surface area contributed by atoms with Crippen LogP contribution in [-0.2, 0) is 9.53 Å². The van der Waals surface area contributed by atoms with Crippen LogP contribution in [0.1, 0.15) is 129 Å². The van der Waals surface area contributed by atoms with Crippen LogP contribution in [0.5, 0.6) is 0 Å². The standard InChI is InChI=1S/C27H48O2/c1-3-5-6-8-26-20-19-25(27(28)29-26)18-13-22-11-16-24(17-12-22)23-14-9-21(7-4-2)10-15-23/h21-26H,3-20H2,1-2H3. The van der Waals surface area contributed by atoms with Crippen LogP contribution in [0, 0.1) is 29.6 Å². The Morgan fingerprint density at radius 2 is 1.28 bits per heavy atom. The third kappa shape index (κ3) is 7.28. The zero-order chi connectivity index (χ0) is 20.5. The second-order valence-electron chi connectivity index (χ2n) is 10.8. The number of esters is 1. The van der Waals surface area contributed by atoms with Crippen LogP contribution in [-0.4, -0.2) is 12.1 Å². The summed E-state index contributed by atoms with van der Waals surface area (Å²) in [6.45, 7) is 4.57. The second-order valence-corrected chi connectivity index (χ2v) is 10.8. The van der Waals surface area contributed by atoms with Gasteiger partial charge in [0.25, 0.3) is 0 Å². The van der Waals surface area contributed by atoms with Crippen molar-refractivity contribution in [1.29, 1.82) is 0 Å². The quantitative estimate of drug-likeness (QED) is 0.272. The Morgan fingerprint density at radius 1 is 0.655 bits per heavy atom. The van der Waals surface area contributed by atoms with Gasteiger partial charge < -0.3 is 4.74 Å². The molecule has 0 spiro atoms. The van der Waals surface area contributed by atoms with E-state index in [0.29, 0.717) is 0 Å². The summed E-state index contributed by atoms with van der Waals surface area (Å²) in [5, 5.41) is 0. The highest BCUT2D eigenvalue weighted by Gasteiger charge is 2.33. The number of carbonyl (C=O) groups excluding carboxylic acids is 1. The lowest BCUT2D eigenvalue weighted by Gasteiger charge is -2.38. The average Bonchev–Trinajstić information content (AvgIpc) is 2.75. The molecule has 3 rings (SSSR count). The summed E-state index contributed by atoms with van der Waals surface area (Å²) < 4.78 is 5.77. The van der Waals surface area contributed by atoms with Crippen molar-refractivity contribution < 1.29 is 9.53 Å². The number of cyclic esters (lactones) is 1. The summed E-state index contributed by atoms with van der Waals surface area (Å²) in [5.74, 6) is 4.27. The van der Waals surface area contributed by atoms with Gasteiger partial charge in [0.1, 0.15) is 6.10 Å². The lowest BCUT2D eigenvalue weighted by molar-refractivity contribution is -0.161. The predicted molar refractivity (Wildman–Crippen MR) is 122 cm³/mol. The van der Waals surface area contributed by atoms with E-state index in [1.807, 2.05) is 0 Å². The van der Waals surface area contributed by atoms with Gasteiger partial charge in [-0.25, -0.2) is 0 Å². The molecule has 2 unspecified atom stereocenters. The molecule has 2 aliphatic carbocycles. The molecular weight excluding hydrogens is 356 g/mol. The molecule has 0 aromatic heterocycles. The molecule has 0 N–H and O–H groups in total. The lowest BCUT2D eigenvalue weighted by Crippen LogP contribution is -2.31. The van der Waals surface area contributed by atoms with Gasteiger partial charge in [0.05, 0.1) is 5.92 Å². The molecule has 1 saturated heterocycles. The number of carbonyl (C=O) groups is 1. The fraction of sp³-hybridized carbons (Fsp3) is 0.963. The maximum Gasteiger partial charge on any atom is 0.309 e. The normalized spacial score (nSPS) is 36.0. The van der Waals surface area contributed by atoms with Crippen molar-refractivity contribution in [3.8, 4) is 0 Å². The van der Waals surface area contributed by atoms with Gasteiger partial charge in [0, 0.05) is 0 Å². The van der Waals surface area contributed by atoms with Gasteiger partial charge in [-0.3, -0.25) is 4.79 Å². The van der Waals surface area contributed by atoms with Crippen molar-refractivity contribution in [3.63, 3.8) is 0 Å². The molecule has 0 amide bonds. The number of rotatable bonds is 10. The molecule has 2 nitrogen and oxygen atoms in total. The first-order valence-corrected chi connectivity index (χ1v) is 13.4. The fourth-order valence-corrected chi connectivity index (χ4v) is 6.65. The number of unbranched alkanes of at least 4 members (excludes halogenated alkanes) is 2. The Bertz CT molecular complexity index is 457. The zero-order valence-electron chi connectivity index (χ0n) is 19.5. The largest absolute Gasteiger partial charge is 0.462 e. The molecular formula is C27H48O2. The maximum absolute atomic E-state index is 12.4. The van der Waals surface area contributed by atoms with Gasteiger partial charge in [-0.15, -0.1) is 0 Å². The summed E-state index contributed by atoms with van der Waals surface area (Å²) >= 11 is 0. The molecule has 2 atom stereocenters. The minimum atomic E-state index is 0.121. The summed E-state index contributed by atoms with van der Waals surface area (Å²) in [7, 11) is 0. The minimum absolute atomic E-state index is 0.121. The van der Waals surface area contributed by atoms with Crippen molar-refractivity contribution >= 4 is 5.97 Å². The van der Waals surface area contributed by atoms with Gasteiger partial charge in [0.2, 0.25) is 0 Å². The van der Waals surface area contributed by atoms with Crippen molar-refractivity contribution in [3.05, 3.63) is 0 Å². The number of ether oxygens (including phenoxy) is 1. The molecule has 2 saturated carbocycles. The first kappa shape index (κ1) is 23.1. The first-order valence-electron chi connectivity index (χ1n) is 13.4. The molecule has 0 aromatic carbocycles. The van der Waals surface area contributed by atoms with Crippen LogP contribution in [0.25, 0.3) is 0 Å². The van der Waals surface area contributed by atoms with Gasteiger partial charge in [-0.1, -0.05) is 65.2 Å². The van der Waals surface area contributed by atoms with E-state index in [9.17, 15) is 4.79 Å². The van der Waals surface area contributed by atoms with E-state index in [4.69, 9.17) is 4.74 Å². The zero-order valence-corrected chi connectivity index (χ0v) is 19.5. The van der Waals surface area contributed by atoms with E-state index < -0.39 is 0 Å². The highest BCUT2D eigenvalue weighted by molar-refractivity contribution is 5.73. The van der Waals surface area contributed by atoms with Crippen LogP contribution in [0.4, 0.5) is 0 Å². The fourth-order valence-electron chi connectivity index (χ4n) is 6.65. The third-order valence-corrected chi connectivity index (χ3v) is 8.65. The minimum Gasteiger partial charge on any atom is -0.462 e. The predicted octanol–water partition coefficient (Wildman–Crippen LogP) is 8.08. The number of hydrogen-bond acceptors (Lipinski definition) is 2. The monoisotopic (exact) mass is 404 g/mol. The van der Waals surface area contributed by atoms with Crippen LogP contribution in [0.3, 0.4) is 0 Å². The molecule has 1 aliphatic heterocycles. The first-order chi connectivity index (χ1) is 14.2. The van der Waals surface area contributed by atoms with Crippen molar-refractivity contribution in [2.45, 2.75) is 136 Å². The second kappa shape index (κ2) is 12.4. The molecule has 0 bridgehead atoms. The van der Waals surface area contributed by atoms with Gasteiger partial charge >= 0.3 is 5.97 Å². The Kier molecular flexibility index (Phi) is 9.86. The Hall–Kier alpha value is -0.530. The Labute approximate surface area is 180 Å². The Balaban J connectivity index is 1.29. The SMILES string of the molecule is CCCCCC1CCC(CCC2CCC(C3CCC(CCC)CC3)CC2)C(=O)O1. The molecule has 1 heterocycles. The number of hydrogen-bond donors (Lipinski definition) is 0. The lowest BCUT2D eigenvalue weighted by atomic mass is 9.68.